The molecule has 1 fully saturated rings. The van der Waals surface area contributed by atoms with E-state index < -0.39 is 0 Å². The van der Waals surface area contributed by atoms with Crippen LogP contribution in [0.25, 0.3) is 0 Å². The summed E-state index contributed by atoms with van der Waals surface area (Å²) in [6.07, 6.45) is -0.547. The number of fused-ring (bicyclic) bond motifs is 4. The lowest BCUT2D eigenvalue weighted by Crippen LogP contribution is -2.59. The molecule has 2 bridgehead atoms. The molecule has 0 N–H and O–H groups in total. The fraction of sp³-hybridized carbons (Fsp3) is 0.435. The zero-order valence-electron chi connectivity index (χ0n) is 16.1. The van der Waals surface area contributed by atoms with Gasteiger partial charge in [0.1, 0.15) is 5.75 Å². The number of para-hydroxylation sites is 1. The van der Waals surface area contributed by atoms with Gasteiger partial charge in [-0.1, -0.05) is 80.0 Å². The molecule has 27 heavy (non-hydrogen) atoms. The van der Waals surface area contributed by atoms with Crippen molar-refractivity contribution in [3.63, 3.8) is 0 Å². The van der Waals surface area contributed by atoms with Crippen LogP contribution < -0.4 is 4.74 Å². The van der Waals surface area contributed by atoms with Crippen molar-refractivity contribution in [3.8, 4) is 5.75 Å². The van der Waals surface area contributed by atoms with Crippen LogP contribution in [0.15, 0.2) is 53.0 Å². The number of ketones is 1. The molecular formula is C23H25BrO3. The van der Waals surface area contributed by atoms with E-state index in [4.69, 9.17) is 9.47 Å². The first-order valence-electron chi connectivity index (χ1n) is 9.52. The maximum Gasteiger partial charge on any atom is 0.205 e. The van der Waals surface area contributed by atoms with Crippen LogP contribution in [0, 0.1) is 17.3 Å². The van der Waals surface area contributed by atoms with Gasteiger partial charge >= 0.3 is 0 Å². The van der Waals surface area contributed by atoms with E-state index in [1.165, 1.54) is 0 Å². The van der Waals surface area contributed by atoms with E-state index in [0.29, 0.717) is 0 Å². The van der Waals surface area contributed by atoms with Gasteiger partial charge in [-0.2, -0.15) is 0 Å². The molecule has 4 atom stereocenters. The Morgan fingerprint density at radius 2 is 1.74 bits per heavy atom. The maximum atomic E-state index is 13.8. The Hall–Kier alpha value is -1.65. The average molecular weight is 429 g/mol. The molecule has 4 rings (SSSR count). The van der Waals surface area contributed by atoms with Crippen LogP contribution in [0.1, 0.15) is 49.5 Å². The third-order valence-corrected chi connectivity index (χ3v) is 6.68. The predicted octanol–water partition coefficient (Wildman–Crippen LogP) is 5.83. The second kappa shape index (κ2) is 6.75. The zero-order valence-corrected chi connectivity index (χ0v) is 17.7. The fourth-order valence-corrected chi connectivity index (χ4v) is 5.13. The first-order valence-corrected chi connectivity index (χ1v) is 10.3. The van der Waals surface area contributed by atoms with E-state index in [0.717, 1.165) is 21.3 Å². The topological polar surface area (TPSA) is 35.5 Å². The Balaban J connectivity index is 1.89. The van der Waals surface area contributed by atoms with Gasteiger partial charge in [0, 0.05) is 21.4 Å². The van der Waals surface area contributed by atoms with Gasteiger partial charge < -0.3 is 9.47 Å². The lowest BCUT2D eigenvalue weighted by molar-refractivity contribution is -0.249. The standard InChI is InChI=1S/C23H25BrO3/c1-13(2)21-18(20(25)14-9-5-7-11-16(14)24)19-15-10-6-8-12-17(15)26-22(27-21)23(19,3)4/h5-13,18-19,21-22H,1-4H3/t18-,19-,21-,22+/m0/s1. The van der Waals surface area contributed by atoms with Crippen molar-refractivity contribution in [1.29, 1.82) is 0 Å². The first-order chi connectivity index (χ1) is 12.8. The van der Waals surface area contributed by atoms with Gasteiger partial charge in [-0.25, -0.2) is 0 Å². The summed E-state index contributed by atoms with van der Waals surface area (Å²) < 4.78 is 13.5. The van der Waals surface area contributed by atoms with Crippen molar-refractivity contribution in [2.75, 3.05) is 0 Å². The molecule has 2 aliphatic rings. The highest BCUT2D eigenvalue weighted by Crippen LogP contribution is 2.57. The second-order valence-electron chi connectivity index (χ2n) is 8.50. The molecule has 142 valence electrons. The molecule has 0 saturated carbocycles. The third kappa shape index (κ3) is 2.94. The number of carbonyl (C=O) groups is 1. The van der Waals surface area contributed by atoms with Crippen LogP contribution in [0.3, 0.4) is 0 Å². The summed E-state index contributed by atoms with van der Waals surface area (Å²) in [6.45, 7) is 8.53. The summed E-state index contributed by atoms with van der Waals surface area (Å²) in [6, 6.07) is 15.7. The molecule has 2 aromatic carbocycles. The second-order valence-corrected chi connectivity index (χ2v) is 9.36. The van der Waals surface area contributed by atoms with Crippen molar-refractivity contribution in [3.05, 3.63) is 64.1 Å². The molecule has 0 radical (unpaired) electrons. The molecular weight excluding hydrogens is 404 g/mol. The fourth-order valence-electron chi connectivity index (χ4n) is 4.65. The number of hydrogen-bond donors (Lipinski definition) is 0. The number of hydrogen-bond acceptors (Lipinski definition) is 3. The third-order valence-electron chi connectivity index (χ3n) is 5.99. The summed E-state index contributed by atoms with van der Waals surface area (Å²) in [5.74, 6) is 0.943. The first kappa shape index (κ1) is 18.7. The van der Waals surface area contributed by atoms with Crippen molar-refractivity contribution >= 4 is 21.7 Å². The number of Topliss-reactive ketones (excluding diaryl/α,β-unsaturated/α-hetero) is 1. The summed E-state index contributed by atoms with van der Waals surface area (Å²) in [5.41, 5.74) is 1.52. The van der Waals surface area contributed by atoms with Gasteiger partial charge in [0.15, 0.2) is 5.78 Å². The highest BCUT2D eigenvalue weighted by atomic mass is 79.9. The number of halogens is 1. The molecule has 3 nitrogen and oxygen atoms in total. The Bertz CT molecular complexity index is 873. The average Bonchev–Trinajstić information content (AvgIpc) is 2.61. The van der Waals surface area contributed by atoms with Crippen molar-refractivity contribution < 1.29 is 14.3 Å². The molecule has 0 aliphatic carbocycles. The van der Waals surface area contributed by atoms with Crippen LogP contribution >= 0.6 is 15.9 Å². The van der Waals surface area contributed by atoms with Crippen LogP contribution in [0.5, 0.6) is 5.75 Å². The lowest BCUT2D eigenvalue weighted by atomic mass is 9.60. The molecule has 2 aromatic rings. The molecule has 2 heterocycles. The van der Waals surface area contributed by atoms with Gasteiger partial charge in [-0.3, -0.25) is 4.79 Å². The van der Waals surface area contributed by atoms with Crippen molar-refractivity contribution in [1.82, 2.24) is 0 Å². The minimum Gasteiger partial charge on any atom is -0.464 e. The van der Waals surface area contributed by atoms with Gasteiger partial charge in [0.25, 0.3) is 0 Å². The van der Waals surface area contributed by atoms with Crippen molar-refractivity contribution in [2.45, 2.75) is 46.0 Å². The van der Waals surface area contributed by atoms with Gasteiger partial charge in [-0.05, 0) is 23.6 Å². The SMILES string of the molecule is CC(C)[C@@H]1O[C@H]2Oc3ccccc3[C@@H]([C@H]1C(=O)c1ccccc1Br)C2(C)C. The summed E-state index contributed by atoms with van der Waals surface area (Å²) in [4.78, 5) is 13.8. The van der Waals surface area contributed by atoms with Crippen LogP contribution in [0.4, 0.5) is 0 Å². The predicted molar refractivity (Wildman–Crippen MR) is 109 cm³/mol. The number of benzene rings is 2. The van der Waals surface area contributed by atoms with E-state index in [1.807, 2.05) is 42.5 Å². The summed E-state index contributed by atoms with van der Waals surface area (Å²) >= 11 is 3.56. The van der Waals surface area contributed by atoms with Crippen LogP contribution in [-0.2, 0) is 4.74 Å². The Morgan fingerprint density at radius 3 is 2.44 bits per heavy atom. The Kier molecular flexibility index (Phi) is 4.68. The summed E-state index contributed by atoms with van der Waals surface area (Å²) in [5, 5.41) is 0. The highest BCUT2D eigenvalue weighted by Gasteiger charge is 2.58. The molecule has 4 heteroatoms. The van der Waals surface area contributed by atoms with E-state index in [-0.39, 0.29) is 41.3 Å². The Morgan fingerprint density at radius 1 is 1.07 bits per heavy atom. The highest BCUT2D eigenvalue weighted by molar-refractivity contribution is 9.10. The molecule has 0 amide bonds. The van der Waals surface area contributed by atoms with Gasteiger partial charge in [0.2, 0.25) is 6.29 Å². The molecule has 0 spiro atoms. The van der Waals surface area contributed by atoms with Crippen molar-refractivity contribution in [2.24, 2.45) is 17.3 Å². The number of ether oxygens (including phenoxy) is 2. The van der Waals surface area contributed by atoms with Crippen LogP contribution in [-0.4, -0.2) is 18.2 Å². The van der Waals surface area contributed by atoms with E-state index in [1.54, 1.807) is 0 Å². The molecule has 1 saturated heterocycles. The minimum atomic E-state index is -0.354. The minimum absolute atomic E-state index is 0.0354. The lowest BCUT2D eigenvalue weighted by Gasteiger charge is -2.55. The van der Waals surface area contributed by atoms with E-state index in [2.05, 4.69) is 49.7 Å². The zero-order chi connectivity index (χ0) is 19.3. The monoisotopic (exact) mass is 428 g/mol. The van der Waals surface area contributed by atoms with Crippen LogP contribution in [0.2, 0.25) is 0 Å². The molecule has 0 aromatic heterocycles. The molecule has 0 unspecified atom stereocenters. The van der Waals surface area contributed by atoms with E-state index >= 15 is 0 Å². The largest absolute Gasteiger partial charge is 0.464 e. The smallest absolute Gasteiger partial charge is 0.205 e. The van der Waals surface area contributed by atoms with Gasteiger partial charge in [0.05, 0.1) is 12.0 Å². The molecule has 2 aliphatic heterocycles. The number of carbonyl (C=O) groups excluding carboxylic acids is 1. The quantitative estimate of drug-likeness (QED) is 0.576. The van der Waals surface area contributed by atoms with Gasteiger partial charge in [-0.15, -0.1) is 0 Å². The van der Waals surface area contributed by atoms with E-state index in [9.17, 15) is 4.79 Å². The summed E-state index contributed by atoms with van der Waals surface area (Å²) in [7, 11) is 0. The Labute approximate surface area is 169 Å². The maximum absolute atomic E-state index is 13.8. The normalized spacial score (nSPS) is 28.4. The number of rotatable bonds is 3.